The van der Waals surface area contributed by atoms with Gasteiger partial charge in [0, 0.05) is 31.7 Å². The van der Waals surface area contributed by atoms with Crippen molar-refractivity contribution in [3.05, 3.63) is 23.8 Å². The number of carbonyl (C=O) groups is 3. The molecule has 2 aliphatic rings. The quantitative estimate of drug-likeness (QED) is 0.598. The molecule has 8 nitrogen and oxygen atoms in total. The summed E-state index contributed by atoms with van der Waals surface area (Å²) in [5.74, 6) is -0.298. The number of carbonyl (C=O) groups excluding carboxylic acids is 3. The smallest absolute Gasteiger partial charge is 0.253 e. The van der Waals surface area contributed by atoms with E-state index in [0.29, 0.717) is 30.0 Å². The molecule has 0 saturated heterocycles. The fourth-order valence-electron chi connectivity index (χ4n) is 4.55. The first-order valence-electron chi connectivity index (χ1n) is 11.5. The van der Waals surface area contributed by atoms with Gasteiger partial charge < -0.3 is 26.0 Å². The van der Waals surface area contributed by atoms with Gasteiger partial charge in [-0.3, -0.25) is 14.4 Å². The lowest BCUT2D eigenvalue weighted by atomic mass is 9.81. The molecule has 1 heterocycles. The second kappa shape index (κ2) is 10.4. The fourth-order valence-corrected chi connectivity index (χ4v) is 4.55. The van der Waals surface area contributed by atoms with Crippen LogP contribution in [0.1, 0.15) is 62.7 Å². The SMILES string of the molecule is COCC(=O)N1c2ccc(C(=O)NCC(C)(C)CN)cc2NC(=O)CC1C1CCCCC1. The average molecular weight is 445 g/mol. The molecule has 32 heavy (non-hydrogen) atoms. The minimum absolute atomic E-state index is 0.0622. The number of benzene rings is 1. The van der Waals surface area contributed by atoms with Crippen molar-refractivity contribution in [2.75, 3.05) is 37.0 Å². The first-order chi connectivity index (χ1) is 15.3. The van der Waals surface area contributed by atoms with E-state index in [1.54, 1.807) is 23.1 Å². The topological polar surface area (TPSA) is 114 Å². The van der Waals surface area contributed by atoms with Crippen LogP contribution in [0.4, 0.5) is 11.4 Å². The summed E-state index contributed by atoms with van der Waals surface area (Å²) >= 11 is 0. The van der Waals surface area contributed by atoms with E-state index >= 15 is 0 Å². The number of rotatable bonds is 7. The van der Waals surface area contributed by atoms with Crippen molar-refractivity contribution in [1.29, 1.82) is 0 Å². The Labute approximate surface area is 190 Å². The Kier molecular flexibility index (Phi) is 7.90. The number of nitrogens with two attached hydrogens (primary N) is 1. The largest absolute Gasteiger partial charge is 0.375 e. The molecule has 176 valence electrons. The van der Waals surface area contributed by atoms with Gasteiger partial charge >= 0.3 is 0 Å². The van der Waals surface area contributed by atoms with Crippen molar-refractivity contribution in [2.45, 2.75) is 58.4 Å². The summed E-state index contributed by atoms with van der Waals surface area (Å²) in [6.45, 7) is 4.79. The Bertz CT molecular complexity index is 848. The lowest BCUT2D eigenvalue weighted by Crippen LogP contribution is -2.47. The zero-order chi connectivity index (χ0) is 23.3. The third-order valence-electron chi connectivity index (χ3n) is 6.53. The maximum Gasteiger partial charge on any atom is 0.253 e. The number of amides is 3. The maximum atomic E-state index is 13.1. The molecule has 0 spiro atoms. The second-order valence-electron chi connectivity index (χ2n) is 9.70. The zero-order valence-electron chi connectivity index (χ0n) is 19.4. The zero-order valence-corrected chi connectivity index (χ0v) is 19.4. The van der Waals surface area contributed by atoms with Crippen molar-refractivity contribution in [2.24, 2.45) is 17.1 Å². The molecule has 0 bridgehead atoms. The summed E-state index contributed by atoms with van der Waals surface area (Å²) < 4.78 is 5.14. The number of ether oxygens (including phenoxy) is 1. The van der Waals surface area contributed by atoms with E-state index in [1.165, 1.54) is 13.5 Å². The van der Waals surface area contributed by atoms with Gasteiger partial charge in [-0.2, -0.15) is 0 Å². The number of methoxy groups -OCH3 is 1. The Morgan fingerprint density at radius 1 is 1.25 bits per heavy atom. The summed E-state index contributed by atoms with van der Waals surface area (Å²) in [7, 11) is 1.49. The number of hydrogen-bond acceptors (Lipinski definition) is 5. The third kappa shape index (κ3) is 5.66. The third-order valence-corrected chi connectivity index (χ3v) is 6.53. The molecule has 1 saturated carbocycles. The molecule has 3 rings (SSSR count). The minimum atomic E-state index is -0.244. The van der Waals surface area contributed by atoms with Crippen LogP contribution in [-0.2, 0) is 14.3 Å². The Hall–Kier alpha value is -2.45. The van der Waals surface area contributed by atoms with Crippen LogP contribution in [0, 0.1) is 11.3 Å². The van der Waals surface area contributed by atoms with E-state index in [0.717, 1.165) is 25.7 Å². The normalized spacial score (nSPS) is 19.7. The fraction of sp³-hybridized carbons (Fsp3) is 0.625. The van der Waals surface area contributed by atoms with Crippen LogP contribution in [0.25, 0.3) is 0 Å². The highest BCUT2D eigenvalue weighted by Gasteiger charge is 2.37. The molecular weight excluding hydrogens is 408 g/mol. The molecule has 1 aliphatic heterocycles. The van der Waals surface area contributed by atoms with E-state index < -0.39 is 0 Å². The van der Waals surface area contributed by atoms with Crippen molar-refractivity contribution in [1.82, 2.24) is 5.32 Å². The van der Waals surface area contributed by atoms with Crippen LogP contribution >= 0.6 is 0 Å². The maximum absolute atomic E-state index is 13.1. The predicted octanol–water partition coefficient (Wildman–Crippen LogP) is 2.67. The molecule has 0 aromatic heterocycles. The van der Waals surface area contributed by atoms with Crippen LogP contribution in [-0.4, -0.2) is 50.6 Å². The number of nitrogens with zero attached hydrogens (tertiary/aromatic N) is 1. The standard InChI is InChI=1S/C24H36N4O4/c1-24(2,14-25)15-26-23(31)17-9-10-19-18(11-17)27-21(29)12-20(16-7-5-4-6-8-16)28(19)22(30)13-32-3/h9-11,16,20H,4-8,12-15,25H2,1-3H3,(H,26,31)(H,27,29). The summed E-state index contributed by atoms with van der Waals surface area (Å²) in [6, 6.07) is 4.89. The highest BCUT2D eigenvalue weighted by Crippen LogP contribution is 2.38. The molecule has 3 amide bonds. The van der Waals surface area contributed by atoms with Crippen molar-refractivity contribution < 1.29 is 19.1 Å². The van der Waals surface area contributed by atoms with Gasteiger partial charge in [0.1, 0.15) is 6.61 Å². The van der Waals surface area contributed by atoms with Crippen molar-refractivity contribution >= 4 is 29.1 Å². The lowest BCUT2D eigenvalue weighted by Gasteiger charge is -2.37. The van der Waals surface area contributed by atoms with Gasteiger partial charge in [0.05, 0.1) is 11.4 Å². The van der Waals surface area contributed by atoms with Crippen molar-refractivity contribution in [3.8, 4) is 0 Å². The van der Waals surface area contributed by atoms with Gasteiger partial charge in [-0.05, 0) is 48.9 Å². The molecule has 1 aromatic carbocycles. The molecule has 4 N–H and O–H groups in total. The van der Waals surface area contributed by atoms with Gasteiger partial charge in [0.2, 0.25) is 5.91 Å². The van der Waals surface area contributed by atoms with Gasteiger partial charge in [-0.15, -0.1) is 0 Å². The Morgan fingerprint density at radius 3 is 2.62 bits per heavy atom. The first-order valence-corrected chi connectivity index (χ1v) is 11.5. The van der Waals surface area contributed by atoms with Gasteiger partial charge in [-0.25, -0.2) is 0 Å². The Morgan fingerprint density at radius 2 is 1.97 bits per heavy atom. The number of anilines is 2. The second-order valence-corrected chi connectivity index (χ2v) is 9.70. The molecule has 1 aromatic rings. The minimum Gasteiger partial charge on any atom is -0.375 e. The van der Waals surface area contributed by atoms with Crippen LogP contribution in [0.15, 0.2) is 18.2 Å². The van der Waals surface area contributed by atoms with Crippen LogP contribution in [0.2, 0.25) is 0 Å². The highest BCUT2D eigenvalue weighted by molar-refractivity contribution is 6.06. The predicted molar refractivity (Wildman–Crippen MR) is 125 cm³/mol. The van der Waals surface area contributed by atoms with Crippen molar-refractivity contribution in [3.63, 3.8) is 0 Å². The lowest BCUT2D eigenvalue weighted by molar-refractivity contribution is -0.123. The molecule has 0 radical (unpaired) electrons. The molecule has 8 heteroatoms. The van der Waals surface area contributed by atoms with E-state index in [2.05, 4.69) is 10.6 Å². The van der Waals surface area contributed by atoms with Crippen LogP contribution in [0.5, 0.6) is 0 Å². The highest BCUT2D eigenvalue weighted by atomic mass is 16.5. The summed E-state index contributed by atoms with van der Waals surface area (Å²) in [4.78, 5) is 40.4. The Balaban J connectivity index is 1.93. The number of nitrogens with one attached hydrogen (secondary N) is 2. The van der Waals surface area contributed by atoms with Gasteiger partial charge in [0.15, 0.2) is 0 Å². The first kappa shape index (κ1) is 24.2. The monoisotopic (exact) mass is 444 g/mol. The van der Waals surface area contributed by atoms with E-state index in [1.807, 2.05) is 13.8 Å². The number of fused-ring (bicyclic) bond motifs is 1. The molecule has 1 unspecified atom stereocenters. The van der Waals surface area contributed by atoms with Crippen LogP contribution < -0.4 is 21.3 Å². The summed E-state index contributed by atoms with van der Waals surface area (Å²) in [6.07, 6.45) is 5.65. The van der Waals surface area contributed by atoms with E-state index in [4.69, 9.17) is 10.5 Å². The molecule has 1 fully saturated rings. The summed E-state index contributed by atoms with van der Waals surface area (Å²) in [5.41, 5.74) is 7.05. The van der Waals surface area contributed by atoms with E-state index in [-0.39, 0.29) is 48.1 Å². The molecular formula is C24H36N4O4. The molecule has 1 aliphatic carbocycles. The van der Waals surface area contributed by atoms with Gasteiger partial charge in [-0.1, -0.05) is 33.1 Å². The molecule has 1 atom stereocenters. The van der Waals surface area contributed by atoms with Gasteiger partial charge in [0.25, 0.3) is 11.8 Å². The average Bonchev–Trinajstić information content (AvgIpc) is 2.93. The van der Waals surface area contributed by atoms with E-state index in [9.17, 15) is 14.4 Å². The van der Waals surface area contributed by atoms with Crippen LogP contribution in [0.3, 0.4) is 0 Å². The number of hydrogen-bond donors (Lipinski definition) is 3. The summed E-state index contributed by atoms with van der Waals surface area (Å²) in [5, 5.41) is 5.83.